The summed E-state index contributed by atoms with van der Waals surface area (Å²) in [6.45, 7) is 1.93. The van der Waals surface area contributed by atoms with Crippen molar-refractivity contribution < 1.29 is 0 Å². The van der Waals surface area contributed by atoms with Crippen molar-refractivity contribution >= 4 is 15.9 Å². The number of benzene rings is 1. The molecule has 5 heteroatoms. The van der Waals surface area contributed by atoms with Gasteiger partial charge in [-0.25, -0.2) is 4.98 Å². The van der Waals surface area contributed by atoms with Crippen LogP contribution >= 0.6 is 15.9 Å². The second-order valence-corrected chi connectivity index (χ2v) is 4.59. The maximum absolute atomic E-state index is 8.93. The van der Waals surface area contributed by atoms with E-state index in [0.29, 0.717) is 5.82 Å². The van der Waals surface area contributed by atoms with Gasteiger partial charge in [0.25, 0.3) is 0 Å². The number of imidazole rings is 1. The number of nitriles is 1. The van der Waals surface area contributed by atoms with Crippen LogP contribution in [0.3, 0.4) is 0 Å². The van der Waals surface area contributed by atoms with Crippen LogP contribution in [-0.2, 0) is 0 Å². The molecule has 0 spiro atoms. The average molecular weight is 291 g/mol. The minimum Gasteiger partial charge on any atom is -0.324 e. The number of rotatable bonds is 2. The Hall–Kier alpha value is -1.64. The van der Waals surface area contributed by atoms with Crippen LogP contribution in [-0.4, -0.2) is 9.55 Å². The first-order chi connectivity index (χ1) is 8.13. The van der Waals surface area contributed by atoms with Crippen molar-refractivity contribution in [2.24, 2.45) is 5.73 Å². The van der Waals surface area contributed by atoms with Gasteiger partial charge in [-0.2, -0.15) is 5.26 Å². The van der Waals surface area contributed by atoms with E-state index in [4.69, 9.17) is 11.0 Å². The molecule has 0 fully saturated rings. The summed E-state index contributed by atoms with van der Waals surface area (Å²) in [5.41, 5.74) is 7.73. The zero-order chi connectivity index (χ0) is 12.4. The third-order valence-corrected chi connectivity index (χ3v) is 3.13. The molecule has 0 aliphatic heterocycles. The monoisotopic (exact) mass is 290 g/mol. The van der Waals surface area contributed by atoms with Crippen LogP contribution in [0.15, 0.2) is 35.1 Å². The molecule has 0 amide bonds. The molecule has 0 bridgehead atoms. The van der Waals surface area contributed by atoms with Crippen molar-refractivity contribution in [2.45, 2.75) is 13.0 Å². The fraction of sp³-hybridized carbons (Fsp3) is 0.167. The molecule has 0 aliphatic carbocycles. The van der Waals surface area contributed by atoms with E-state index in [0.717, 1.165) is 15.7 Å². The SMILES string of the molecule is C[C@@H](N)c1ccc(-n2ccnc2C#N)c(Br)c1. The fourth-order valence-corrected chi connectivity index (χ4v) is 2.17. The van der Waals surface area contributed by atoms with Crippen molar-refractivity contribution in [1.29, 1.82) is 5.26 Å². The van der Waals surface area contributed by atoms with Gasteiger partial charge in [0.05, 0.1) is 5.69 Å². The van der Waals surface area contributed by atoms with Crippen molar-refractivity contribution in [3.8, 4) is 11.8 Å². The lowest BCUT2D eigenvalue weighted by Gasteiger charge is -2.10. The normalized spacial score (nSPS) is 12.1. The summed E-state index contributed by atoms with van der Waals surface area (Å²) in [4.78, 5) is 3.97. The Morgan fingerprint density at radius 3 is 2.88 bits per heavy atom. The molecule has 0 radical (unpaired) electrons. The first-order valence-electron chi connectivity index (χ1n) is 5.12. The average Bonchev–Trinajstić information content (AvgIpc) is 2.76. The van der Waals surface area contributed by atoms with E-state index in [2.05, 4.69) is 20.9 Å². The van der Waals surface area contributed by atoms with Crippen molar-refractivity contribution in [3.63, 3.8) is 0 Å². The standard InChI is InChI=1S/C12H11BrN4/c1-8(15)9-2-3-11(10(13)6-9)17-5-4-16-12(17)7-14/h2-6,8H,15H2,1H3/t8-/m1/s1. The van der Waals surface area contributed by atoms with Gasteiger partial charge >= 0.3 is 0 Å². The van der Waals surface area contributed by atoms with E-state index in [9.17, 15) is 0 Å². The molecule has 86 valence electrons. The summed E-state index contributed by atoms with van der Waals surface area (Å²) < 4.78 is 2.62. The molecular formula is C12H11BrN4. The van der Waals surface area contributed by atoms with Crippen LogP contribution in [0.1, 0.15) is 24.4 Å². The van der Waals surface area contributed by atoms with Crippen LogP contribution in [0, 0.1) is 11.3 Å². The van der Waals surface area contributed by atoms with Crippen LogP contribution < -0.4 is 5.73 Å². The summed E-state index contributed by atoms with van der Waals surface area (Å²) in [6, 6.07) is 7.86. The molecular weight excluding hydrogens is 280 g/mol. The molecule has 17 heavy (non-hydrogen) atoms. The lowest BCUT2D eigenvalue weighted by Crippen LogP contribution is -2.06. The fourth-order valence-electron chi connectivity index (χ4n) is 1.58. The quantitative estimate of drug-likeness (QED) is 0.924. The molecule has 2 rings (SSSR count). The van der Waals surface area contributed by atoms with E-state index >= 15 is 0 Å². The zero-order valence-corrected chi connectivity index (χ0v) is 10.8. The Bertz CT molecular complexity index is 580. The van der Waals surface area contributed by atoms with Gasteiger partial charge in [0.15, 0.2) is 0 Å². The van der Waals surface area contributed by atoms with Gasteiger partial charge in [0, 0.05) is 22.9 Å². The number of halogens is 1. The topological polar surface area (TPSA) is 67.6 Å². The molecule has 0 unspecified atom stereocenters. The summed E-state index contributed by atoms with van der Waals surface area (Å²) in [5, 5.41) is 8.93. The molecule has 2 aromatic rings. The summed E-state index contributed by atoms with van der Waals surface area (Å²) in [7, 11) is 0. The molecule has 1 heterocycles. The van der Waals surface area contributed by atoms with Crippen molar-refractivity contribution in [1.82, 2.24) is 9.55 Å². The molecule has 2 N–H and O–H groups in total. The Morgan fingerprint density at radius 2 is 2.29 bits per heavy atom. The lowest BCUT2D eigenvalue weighted by molar-refractivity contribution is 0.816. The Balaban J connectivity index is 2.51. The number of nitrogens with zero attached hydrogens (tertiary/aromatic N) is 3. The second kappa shape index (κ2) is 4.70. The van der Waals surface area contributed by atoms with Gasteiger partial charge in [0.1, 0.15) is 6.07 Å². The van der Waals surface area contributed by atoms with Crippen LogP contribution in [0.25, 0.3) is 5.69 Å². The van der Waals surface area contributed by atoms with E-state index < -0.39 is 0 Å². The predicted molar refractivity (Wildman–Crippen MR) is 68.6 cm³/mol. The molecule has 4 nitrogen and oxygen atoms in total. The molecule has 1 atom stereocenters. The molecule has 0 aliphatic rings. The van der Waals surface area contributed by atoms with E-state index in [-0.39, 0.29) is 6.04 Å². The highest BCUT2D eigenvalue weighted by atomic mass is 79.9. The van der Waals surface area contributed by atoms with E-state index in [1.807, 2.05) is 31.2 Å². The van der Waals surface area contributed by atoms with Gasteiger partial charge in [-0.15, -0.1) is 0 Å². The summed E-state index contributed by atoms with van der Waals surface area (Å²) >= 11 is 3.49. The van der Waals surface area contributed by atoms with Crippen molar-refractivity contribution in [2.75, 3.05) is 0 Å². The van der Waals surface area contributed by atoms with Gasteiger partial charge in [-0.3, -0.25) is 4.57 Å². The Morgan fingerprint density at radius 1 is 1.53 bits per heavy atom. The summed E-state index contributed by atoms with van der Waals surface area (Å²) in [6.07, 6.45) is 3.36. The third-order valence-electron chi connectivity index (χ3n) is 2.50. The number of hydrogen-bond acceptors (Lipinski definition) is 3. The minimum atomic E-state index is -0.0152. The van der Waals surface area contributed by atoms with Gasteiger partial charge < -0.3 is 5.73 Å². The highest BCUT2D eigenvalue weighted by molar-refractivity contribution is 9.10. The highest BCUT2D eigenvalue weighted by Crippen LogP contribution is 2.25. The number of aromatic nitrogens is 2. The first-order valence-corrected chi connectivity index (χ1v) is 5.91. The Kier molecular flexibility index (Phi) is 3.27. The molecule has 1 aromatic carbocycles. The first kappa shape index (κ1) is 11.8. The maximum atomic E-state index is 8.93. The van der Waals surface area contributed by atoms with Gasteiger partial charge in [-0.05, 0) is 40.5 Å². The number of hydrogen-bond donors (Lipinski definition) is 1. The molecule has 1 aromatic heterocycles. The second-order valence-electron chi connectivity index (χ2n) is 3.73. The van der Waals surface area contributed by atoms with E-state index in [1.165, 1.54) is 0 Å². The molecule has 0 saturated carbocycles. The highest BCUT2D eigenvalue weighted by Gasteiger charge is 2.09. The number of nitrogens with two attached hydrogens (primary N) is 1. The van der Waals surface area contributed by atoms with Crippen LogP contribution in [0.2, 0.25) is 0 Å². The predicted octanol–water partition coefficient (Wildman–Crippen LogP) is 2.53. The lowest BCUT2D eigenvalue weighted by atomic mass is 10.1. The van der Waals surface area contributed by atoms with Crippen LogP contribution in [0.4, 0.5) is 0 Å². The maximum Gasteiger partial charge on any atom is 0.217 e. The van der Waals surface area contributed by atoms with Gasteiger partial charge in [0.2, 0.25) is 5.82 Å². The van der Waals surface area contributed by atoms with Crippen molar-refractivity contribution in [3.05, 3.63) is 46.5 Å². The Labute approximate surface area is 108 Å². The smallest absolute Gasteiger partial charge is 0.217 e. The van der Waals surface area contributed by atoms with Gasteiger partial charge in [-0.1, -0.05) is 6.07 Å². The largest absolute Gasteiger partial charge is 0.324 e. The summed E-state index contributed by atoms with van der Waals surface area (Å²) in [5.74, 6) is 0.360. The van der Waals surface area contributed by atoms with E-state index in [1.54, 1.807) is 17.0 Å². The third kappa shape index (κ3) is 2.23. The molecule has 0 saturated heterocycles. The van der Waals surface area contributed by atoms with Crippen LogP contribution in [0.5, 0.6) is 0 Å². The minimum absolute atomic E-state index is 0.0152. The zero-order valence-electron chi connectivity index (χ0n) is 9.26.